The number of phenolic OH excluding ortho intramolecular Hbond substituents is 3. The number of nitrogens with two attached hydrogens (primary N) is 2. The number of carboxylic acids is 1. The van der Waals surface area contributed by atoms with Crippen molar-refractivity contribution in [3.63, 3.8) is 0 Å². The molecule has 0 spiro atoms. The fourth-order valence-corrected chi connectivity index (χ4v) is 14.5. The van der Waals surface area contributed by atoms with Gasteiger partial charge in [-0.3, -0.25) is 86.9 Å². The van der Waals surface area contributed by atoms with E-state index in [1.54, 1.807) is 41.5 Å². The lowest BCUT2D eigenvalue weighted by Crippen LogP contribution is -2.62. The molecule has 46 nitrogen and oxygen atoms in total. The van der Waals surface area contributed by atoms with E-state index in [4.69, 9.17) is 16.9 Å². The first kappa shape index (κ1) is 104. The normalized spacial score (nSPS) is 22.3. The third-order valence-corrected chi connectivity index (χ3v) is 21.7. The molecule has 1 fully saturated rings. The Hall–Kier alpha value is -14.7. The number of nitrogens with zero attached hydrogens (tertiary/aromatic N) is 3. The number of benzene rings is 3. The lowest BCUT2D eigenvalue weighted by atomic mass is 9.96. The number of nitrogens with one attached hydrogen (secondary N) is 20. The molecule has 132 heavy (non-hydrogen) atoms. The molecule has 0 unspecified atom stereocenters. The molecule has 0 aliphatic carbocycles. The number of amides is 16. The zero-order chi connectivity index (χ0) is 96.7. The average molecular weight is 1860 g/mol. The van der Waals surface area contributed by atoms with Crippen LogP contribution < -0.4 is 96.5 Å². The quantitative estimate of drug-likeness (QED) is 0.0125. The van der Waals surface area contributed by atoms with Crippen molar-refractivity contribution < 1.29 is 102 Å². The van der Waals surface area contributed by atoms with Crippen molar-refractivity contribution in [2.75, 3.05) is 37.7 Å². The number of phenols is 3. The topological polar surface area (TPSA) is 726 Å². The van der Waals surface area contributed by atoms with E-state index < -0.39 is 242 Å². The van der Waals surface area contributed by atoms with Crippen LogP contribution in [-0.2, 0) is 120 Å². The van der Waals surface area contributed by atoms with Crippen molar-refractivity contribution in [2.45, 2.75) is 198 Å². The highest BCUT2D eigenvalue weighted by Crippen LogP contribution is 2.20. The number of imidazole rings is 3. The molecule has 3 aromatic heterocycles. The van der Waals surface area contributed by atoms with Gasteiger partial charge in [0.1, 0.15) is 89.8 Å². The molecule has 7 rings (SSSR count). The van der Waals surface area contributed by atoms with E-state index in [9.17, 15) is 68.4 Å². The summed E-state index contributed by atoms with van der Waals surface area (Å²) in [6.45, 7) is 7.57. The predicted octanol–water partition coefficient (Wildman–Crippen LogP) is -4.61. The predicted molar refractivity (Wildman–Crippen MR) is 475 cm³/mol. The molecule has 1 aliphatic rings. The first-order valence-electron chi connectivity index (χ1n) is 42.7. The molecule has 28 N–H and O–H groups in total. The van der Waals surface area contributed by atoms with Gasteiger partial charge in [-0.2, -0.15) is 0 Å². The summed E-state index contributed by atoms with van der Waals surface area (Å²) in [6.07, 6.45) is 4.32. The molecule has 47 heteroatoms. The Morgan fingerprint density at radius 1 is 0.439 bits per heavy atom. The van der Waals surface area contributed by atoms with E-state index in [-0.39, 0.29) is 110 Å². The van der Waals surface area contributed by atoms with Crippen molar-refractivity contribution in [1.29, 1.82) is 5.41 Å². The Morgan fingerprint density at radius 3 is 1.19 bits per heavy atom. The van der Waals surface area contributed by atoms with Gasteiger partial charge in [-0.25, -0.2) is 15.0 Å². The molecule has 0 radical (unpaired) electrons. The van der Waals surface area contributed by atoms with Crippen molar-refractivity contribution >= 4 is 118 Å². The zero-order valence-electron chi connectivity index (χ0n) is 73.6. The van der Waals surface area contributed by atoms with Gasteiger partial charge in [0.2, 0.25) is 94.5 Å². The Kier molecular flexibility index (Phi) is 41.7. The number of carbonyl (C=O) groups excluding carboxylic acids is 16. The van der Waals surface area contributed by atoms with Crippen LogP contribution in [0.4, 0.5) is 0 Å². The van der Waals surface area contributed by atoms with Gasteiger partial charge in [-0.15, -0.1) is 11.8 Å². The molecule has 0 bridgehead atoms. The first-order chi connectivity index (χ1) is 62.8. The van der Waals surface area contributed by atoms with Gasteiger partial charge in [0.15, 0.2) is 5.96 Å². The summed E-state index contributed by atoms with van der Waals surface area (Å²) >= 11 is 0.731. The molecule has 16 amide bonds. The highest BCUT2D eigenvalue weighted by molar-refractivity contribution is 8.00. The summed E-state index contributed by atoms with van der Waals surface area (Å²) in [5.74, 6) is -20.9. The number of aromatic nitrogens is 6. The molecule has 3 aromatic carbocycles. The van der Waals surface area contributed by atoms with Crippen molar-refractivity contribution in [3.8, 4) is 17.2 Å². The van der Waals surface area contributed by atoms with Crippen LogP contribution in [0.1, 0.15) is 120 Å². The number of primary amides is 1. The standard InChI is InChI=1S/C85H117N25O21S/c1-7-46(6)72-84(131)109-59(26-45(4)5)78(125)106-63(30-50-33-89-41-96-50)74(121)95-37-68(115)99-57(22-23-71(118)119)76(123)103-58(25-44(2)3)73(120)94-38-69(116)101-66(75(122)93-36-67(86)114)39-132-40-70(117)100-60(27-47-10-16-53(111)17-11-47)79(126)107-65(32-52-35-91-43-98-52)83(130)108-64(31-51-34-90-42-97-51)82(129)105-62(29-49-14-20-55(113)21-15-49)81(128)104-61(28-48-12-18-54(112)19-13-48)80(127)102-56(77(124)110-72)9-8-24-92-85(87)88/h10-21,33-35,41-46,56-66,72,111-113H,7-9,22-32,36-40H2,1-6H3,(H2,86,114)(H,89,96)(H,90,97)(H,91,98)(H,93,122)(H,94,120)(H,95,121)(H,99,115)(H,100,117)(H,101,116)(H,102,127)(H,103,123)(H,104,128)(H,105,129)(H,106,125)(H,107,126)(H,108,130)(H,109,131)(H,110,124)(H,118,119)(H4,87,88,92)/t46-,56-,57-,58-,59-,60-,61-,62-,63-,64-,65-,66-,72-/m0/s1. The van der Waals surface area contributed by atoms with Crippen molar-refractivity contribution in [1.82, 2.24) is 115 Å². The summed E-state index contributed by atoms with van der Waals surface area (Å²) in [4.78, 5) is 265. The van der Waals surface area contributed by atoms with E-state index in [0.717, 1.165) is 11.8 Å². The minimum absolute atomic E-state index is 0.0104. The minimum Gasteiger partial charge on any atom is -0.508 e. The second kappa shape index (κ2) is 52.7. The fourth-order valence-electron chi connectivity index (χ4n) is 13.6. The van der Waals surface area contributed by atoms with Gasteiger partial charge in [-0.05, 0) is 103 Å². The maximum absolute atomic E-state index is 15.5. The lowest BCUT2D eigenvalue weighted by Gasteiger charge is -2.30. The number of H-pyrrole nitrogens is 3. The largest absolute Gasteiger partial charge is 0.508 e. The van der Waals surface area contributed by atoms with Gasteiger partial charge >= 0.3 is 5.97 Å². The van der Waals surface area contributed by atoms with Gasteiger partial charge < -0.3 is 132 Å². The summed E-state index contributed by atoms with van der Waals surface area (Å²) in [5, 5.41) is 89.8. The number of hydrogen-bond acceptors (Lipinski definition) is 25. The van der Waals surface area contributed by atoms with E-state index in [1.807, 2.05) is 0 Å². The summed E-state index contributed by atoms with van der Waals surface area (Å²) in [5.41, 5.74) is 12.6. The van der Waals surface area contributed by atoms with Crippen LogP contribution in [0.3, 0.4) is 0 Å². The smallest absolute Gasteiger partial charge is 0.303 e. The molecule has 714 valence electrons. The fraction of sp³-hybridized carbons (Fsp3) is 0.471. The van der Waals surface area contributed by atoms with Crippen LogP contribution in [0.15, 0.2) is 110 Å². The number of hydrogen-bond donors (Lipinski definition) is 26. The molecule has 0 saturated carbocycles. The van der Waals surface area contributed by atoms with Gasteiger partial charge in [-0.1, -0.05) is 84.4 Å². The molecular weight excluding hydrogens is 1740 g/mol. The number of aromatic amines is 3. The lowest BCUT2D eigenvalue weighted by molar-refractivity contribution is -0.138. The number of guanidine groups is 1. The van der Waals surface area contributed by atoms with Crippen LogP contribution in [0.2, 0.25) is 0 Å². The molecule has 1 saturated heterocycles. The number of aromatic hydroxyl groups is 3. The number of aliphatic carboxylic acids is 1. The molecule has 6 aromatic rings. The second-order valence-electron chi connectivity index (χ2n) is 32.4. The molecule has 4 heterocycles. The highest BCUT2D eigenvalue weighted by atomic mass is 32.2. The van der Waals surface area contributed by atoms with E-state index >= 15 is 33.6 Å². The Labute approximate surface area is 762 Å². The molecule has 1 aliphatic heterocycles. The number of carboxylic acid groups (broad SMARTS) is 1. The maximum Gasteiger partial charge on any atom is 0.303 e. The van der Waals surface area contributed by atoms with Gasteiger partial charge in [0, 0.05) is 75.8 Å². The van der Waals surface area contributed by atoms with Crippen LogP contribution in [0, 0.1) is 23.2 Å². The Balaban J connectivity index is 1.31. The maximum atomic E-state index is 15.5. The first-order valence-corrected chi connectivity index (χ1v) is 43.8. The number of carbonyl (C=O) groups is 17. The van der Waals surface area contributed by atoms with Crippen molar-refractivity contribution in [2.24, 2.45) is 29.2 Å². The summed E-state index contributed by atoms with van der Waals surface area (Å²) < 4.78 is 0. The van der Waals surface area contributed by atoms with Gasteiger partial charge in [0.25, 0.3) is 0 Å². The number of rotatable bonds is 28. The monoisotopic (exact) mass is 1860 g/mol. The average Bonchev–Trinajstić information content (AvgIpc) is 1.24. The summed E-state index contributed by atoms with van der Waals surface area (Å²) in [7, 11) is 0. The SMILES string of the molecule is CC[C@H](C)[C@@H]1NC(=O)[C@H](CCCNC(=N)N)NC(=O)[C@H](Cc2ccc(O)cc2)NC(=O)[C@H](Cc2ccc(O)cc2)NC(=O)[C@H](Cc2c[nH]cn2)NC(=O)[C@H](Cc2c[nH]cn2)NC(=O)[C@H](Cc2ccc(O)cc2)NC(=O)CSC[C@@H](C(=O)NCC(N)=O)NC(=O)CNC(=O)[C@H](CC(C)C)NC(=O)[C@H](CCC(=O)O)NC(=O)CNC(=O)[C@H](Cc2c[nH]cn2)NC(=O)[C@H](CC(C)C)NC1=O. The second-order valence-corrected chi connectivity index (χ2v) is 33.5. The van der Waals surface area contributed by atoms with Gasteiger partial charge in [0.05, 0.1) is 61.5 Å². The number of thioether (sulfide) groups is 1. The molecular formula is C85H117N25O21S. The van der Waals surface area contributed by atoms with E-state index in [1.165, 1.54) is 110 Å². The van der Waals surface area contributed by atoms with Crippen molar-refractivity contribution in [3.05, 3.63) is 144 Å². The minimum atomic E-state index is -1.71. The third kappa shape index (κ3) is 36.4. The zero-order valence-corrected chi connectivity index (χ0v) is 74.4. The van der Waals surface area contributed by atoms with E-state index in [0.29, 0.717) is 16.7 Å². The Morgan fingerprint density at radius 2 is 0.788 bits per heavy atom. The van der Waals surface area contributed by atoms with Crippen LogP contribution in [0.5, 0.6) is 17.2 Å². The highest BCUT2D eigenvalue weighted by Gasteiger charge is 2.39. The van der Waals surface area contributed by atoms with E-state index in [2.05, 4.69) is 115 Å². The molecule has 13 atom stereocenters. The third-order valence-electron chi connectivity index (χ3n) is 20.7. The van der Waals surface area contributed by atoms with Crippen LogP contribution in [0.25, 0.3) is 0 Å². The van der Waals surface area contributed by atoms with Crippen LogP contribution >= 0.6 is 11.8 Å². The Bertz CT molecular complexity index is 4910. The van der Waals surface area contributed by atoms with Crippen LogP contribution in [-0.4, -0.2) is 267 Å². The summed E-state index contributed by atoms with van der Waals surface area (Å²) in [6, 6.07) is -2.84.